The molecule has 160 valence electrons. The number of carbonyl (C=O) groups excluding carboxylic acids is 2. The molecule has 8 heteroatoms. The zero-order valence-corrected chi connectivity index (χ0v) is 18.0. The Morgan fingerprint density at radius 3 is 2.84 bits per heavy atom. The van der Waals surface area contributed by atoms with Gasteiger partial charge in [0.15, 0.2) is 11.5 Å². The van der Waals surface area contributed by atoms with E-state index in [1.54, 1.807) is 17.5 Å². The Morgan fingerprint density at radius 1 is 1.19 bits per heavy atom. The first-order valence-corrected chi connectivity index (χ1v) is 10.7. The van der Waals surface area contributed by atoms with Crippen LogP contribution >= 0.6 is 11.3 Å². The number of rotatable bonds is 6. The Hall–Kier alpha value is -3.39. The van der Waals surface area contributed by atoms with E-state index in [2.05, 4.69) is 10.3 Å². The van der Waals surface area contributed by atoms with E-state index in [9.17, 15) is 9.59 Å². The molecular weight excluding hydrogens is 416 g/mol. The Balaban J connectivity index is 1.28. The zero-order valence-electron chi connectivity index (χ0n) is 17.2. The predicted molar refractivity (Wildman–Crippen MR) is 117 cm³/mol. The maximum atomic E-state index is 12.4. The number of ether oxygens (including phenoxy) is 3. The molecule has 4 rings (SSSR count). The number of carbonyl (C=O) groups is 2. The lowest BCUT2D eigenvalue weighted by Crippen LogP contribution is -2.37. The van der Waals surface area contributed by atoms with Crippen molar-refractivity contribution < 1.29 is 23.8 Å². The molecule has 1 aromatic heterocycles. The van der Waals surface area contributed by atoms with Crippen molar-refractivity contribution in [1.82, 2.24) is 4.98 Å². The third kappa shape index (κ3) is 5.21. The summed E-state index contributed by atoms with van der Waals surface area (Å²) >= 11 is 1.35. The highest BCUT2D eigenvalue weighted by Gasteiger charge is 2.28. The third-order valence-electron chi connectivity index (χ3n) is 4.71. The topological polar surface area (TPSA) is 86.8 Å². The number of esters is 1. The lowest BCUT2D eigenvalue weighted by Gasteiger charge is -2.24. The first-order valence-electron chi connectivity index (χ1n) is 9.83. The molecule has 0 fully saturated rings. The van der Waals surface area contributed by atoms with Crippen LogP contribution in [-0.2, 0) is 27.4 Å². The second-order valence-electron chi connectivity index (χ2n) is 7.25. The van der Waals surface area contributed by atoms with Crippen molar-refractivity contribution in [3.8, 4) is 11.5 Å². The molecule has 0 unspecified atom stereocenters. The summed E-state index contributed by atoms with van der Waals surface area (Å²) in [6, 6.07) is 13.1. The van der Waals surface area contributed by atoms with Gasteiger partial charge < -0.3 is 19.5 Å². The van der Waals surface area contributed by atoms with Gasteiger partial charge in [0.05, 0.1) is 12.1 Å². The number of fused-ring (bicyclic) bond motifs is 1. The fraction of sp³-hybridized carbons (Fsp3) is 0.261. The molecule has 1 N–H and O–H groups in total. The largest absolute Gasteiger partial charge is 0.485 e. The number of nitrogens with one attached hydrogen (secondary N) is 1. The van der Waals surface area contributed by atoms with Crippen LogP contribution in [0.1, 0.15) is 21.8 Å². The van der Waals surface area contributed by atoms with E-state index >= 15 is 0 Å². The summed E-state index contributed by atoms with van der Waals surface area (Å²) < 4.78 is 16.5. The van der Waals surface area contributed by atoms with E-state index in [0.717, 1.165) is 16.8 Å². The van der Waals surface area contributed by atoms with Gasteiger partial charge in [-0.2, -0.15) is 0 Å². The van der Waals surface area contributed by atoms with Gasteiger partial charge in [-0.15, -0.1) is 11.3 Å². The van der Waals surface area contributed by atoms with Crippen LogP contribution < -0.4 is 14.8 Å². The van der Waals surface area contributed by atoms with Crippen molar-refractivity contribution in [3.63, 3.8) is 0 Å². The highest BCUT2D eigenvalue weighted by atomic mass is 32.1. The number of hydrogen-bond acceptors (Lipinski definition) is 7. The van der Waals surface area contributed by atoms with Gasteiger partial charge >= 0.3 is 5.97 Å². The average molecular weight is 439 g/mol. The number of thiazole rings is 1. The number of nitrogens with zero attached hydrogens (tertiary/aromatic N) is 1. The van der Waals surface area contributed by atoms with Crippen LogP contribution in [0.2, 0.25) is 0 Å². The maximum absolute atomic E-state index is 12.4. The Morgan fingerprint density at radius 2 is 2.00 bits per heavy atom. The van der Waals surface area contributed by atoms with Gasteiger partial charge in [0.1, 0.15) is 18.2 Å². The Labute approximate surface area is 184 Å². The molecule has 0 radical (unpaired) electrons. The summed E-state index contributed by atoms with van der Waals surface area (Å²) in [5.74, 6) is 0.464. The number of aromatic nitrogens is 1. The molecule has 1 amide bonds. The maximum Gasteiger partial charge on any atom is 0.351 e. The van der Waals surface area contributed by atoms with E-state index in [4.69, 9.17) is 14.2 Å². The van der Waals surface area contributed by atoms with Gasteiger partial charge in [-0.25, -0.2) is 9.78 Å². The van der Waals surface area contributed by atoms with Gasteiger partial charge in [-0.1, -0.05) is 24.3 Å². The molecule has 0 aliphatic carbocycles. The molecule has 3 aromatic rings. The summed E-state index contributed by atoms with van der Waals surface area (Å²) in [5.41, 5.74) is 3.47. The highest BCUT2D eigenvalue weighted by molar-refractivity contribution is 7.09. The molecule has 7 nitrogen and oxygen atoms in total. The highest BCUT2D eigenvalue weighted by Crippen LogP contribution is 2.31. The molecule has 0 saturated heterocycles. The minimum absolute atomic E-state index is 0.00937. The van der Waals surface area contributed by atoms with Crippen LogP contribution in [0.15, 0.2) is 47.8 Å². The first-order chi connectivity index (χ1) is 15.0. The zero-order chi connectivity index (χ0) is 21.8. The van der Waals surface area contributed by atoms with Crippen molar-refractivity contribution in [1.29, 1.82) is 0 Å². The summed E-state index contributed by atoms with van der Waals surface area (Å²) in [6.45, 7) is 4.03. The number of aryl methyl sites for hydroxylation is 2. The first kappa shape index (κ1) is 20.9. The fourth-order valence-corrected chi connectivity index (χ4v) is 3.85. The van der Waals surface area contributed by atoms with Gasteiger partial charge in [-0.3, -0.25) is 4.79 Å². The Bertz CT molecular complexity index is 1110. The summed E-state index contributed by atoms with van der Waals surface area (Å²) in [4.78, 5) is 29.1. The van der Waals surface area contributed by atoms with Crippen LogP contribution in [0, 0.1) is 13.8 Å². The lowest BCUT2D eigenvalue weighted by molar-refractivity contribution is -0.156. The van der Waals surface area contributed by atoms with Gasteiger partial charge in [0, 0.05) is 11.1 Å². The van der Waals surface area contributed by atoms with Crippen molar-refractivity contribution >= 4 is 28.9 Å². The van der Waals surface area contributed by atoms with Gasteiger partial charge in [-0.05, 0) is 43.2 Å². The van der Waals surface area contributed by atoms with Crippen molar-refractivity contribution in [3.05, 3.63) is 69.7 Å². The molecule has 1 aliphatic rings. The third-order valence-corrected chi connectivity index (χ3v) is 5.61. The van der Waals surface area contributed by atoms with Gasteiger partial charge in [0.2, 0.25) is 12.0 Å². The quantitative estimate of drug-likeness (QED) is 0.589. The summed E-state index contributed by atoms with van der Waals surface area (Å²) in [6.07, 6.45) is -0.668. The van der Waals surface area contributed by atoms with Crippen LogP contribution in [0.25, 0.3) is 0 Å². The molecule has 1 aliphatic heterocycles. The molecule has 31 heavy (non-hydrogen) atoms. The monoisotopic (exact) mass is 438 g/mol. The Kier molecular flexibility index (Phi) is 6.18. The van der Waals surface area contributed by atoms with Crippen LogP contribution in [-0.4, -0.2) is 29.6 Å². The van der Waals surface area contributed by atoms with Crippen LogP contribution in [0.5, 0.6) is 11.5 Å². The predicted octanol–water partition coefficient (Wildman–Crippen LogP) is 3.82. The number of anilines is 1. The van der Waals surface area contributed by atoms with Crippen molar-refractivity contribution in [2.24, 2.45) is 0 Å². The van der Waals surface area contributed by atoms with E-state index in [1.165, 1.54) is 11.3 Å². The molecule has 0 spiro atoms. The van der Waals surface area contributed by atoms with E-state index < -0.39 is 12.1 Å². The van der Waals surface area contributed by atoms with E-state index in [0.29, 0.717) is 22.2 Å². The minimum atomic E-state index is -0.823. The molecule has 0 bridgehead atoms. The molecule has 0 saturated carbocycles. The van der Waals surface area contributed by atoms with Crippen LogP contribution in [0.3, 0.4) is 0 Å². The van der Waals surface area contributed by atoms with E-state index in [1.807, 2.05) is 44.2 Å². The standard InChI is InChI=1S/C23H22N2O5S/c1-14-7-8-15(2)17(9-14)25-21(26)10-22-24-16(13-31-22)11-29-23(27)20-12-28-18-5-3-4-6-19(18)30-20/h3-9,13,20H,10-12H2,1-2H3,(H,25,26)/t20-/m1/s1. The molecular formula is C23H22N2O5S. The normalized spacial score (nSPS) is 14.7. The average Bonchev–Trinajstić information content (AvgIpc) is 3.21. The number of hydrogen-bond donors (Lipinski definition) is 1. The molecule has 1 atom stereocenters. The summed E-state index contributed by atoms with van der Waals surface area (Å²) in [7, 11) is 0. The lowest BCUT2D eigenvalue weighted by atomic mass is 10.1. The minimum Gasteiger partial charge on any atom is -0.485 e. The SMILES string of the molecule is Cc1ccc(C)c(NC(=O)Cc2nc(COC(=O)[C@H]3COc4ccccc4O3)cs2)c1. The smallest absolute Gasteiger partial charge is 0.351 e. The van der Waals surface area contributed by atoms with Crippen molar-refractivity contribution in [2.45, 2.75) is 33.0 Å². The second kappa shape index (κ2) is 9.18. The number of amides is 1. The molecule has 2 aromatic carbocycles. The van der Waals surface area contributed by atoms with E-state index in [-0.39, 0.29) is 25.5 Å². The number of para-hydroxylation sites is 2. The number of benzene rings is 2. The van der Waals surface area contributed by atoms with Crippen LogP contribution in [0.4, 0.5) is 5.69 Å². The van der Waals surface area contributed by atoms with Crippen molar-refractivity contribution in [2.75, 3.05) is 11.9 Å². The second-order valence-corrected chi connectivity index (χ2v) is 8.19. The van der Waals surface area contributed by atoms with Gasteiger partial charge in [0.25, 0.3) is 0 Å². The molecule has 2 heterocycles. The summed E-state index contributed by atoms with van der Waals surface area (Å²) in [5, 5.41) is 5.35. The fourth-order valence-electron chi connectivity index (χ4n) is 3.07.